The predicted molar refractivity (Wildman–Crippen MR) is 105 cm³/mol. The van der Waals surface area contributed by atoms with Gasteiger partial charge in [0.15, 0.2) is 5.65 Å². The molecule has 0 radical (unpaired) electrons. The highest BCUT2D eigenvalue weighted by molar-refractivity contribution is 5.91. The molecule has 0 saturated heterocycles. The average molecular weight is 431 g/mol. The second kappa shape index (κ2) is 7.45. The van der Waals surface area contributed by atoms with Crippen LogP contribution in [-0.4, -0.2) is 35.2 Å². The van der Waals surface area contributed by atoms with Crippen molar-refractivity contribution in [1.29, 1.82) is 0 Å². The van der Waals surface area contributed by atoms with Gasteiger partial charge in [0.25, 0.3) is 0 Å². The number of aryl methyl sites for hydroxylation is 2. The fourth-order valence-electron chi connectivity index (χ4n) is 3.17. The van der Waals surface area contributed by atoms with Gasteiger partial charge in [0.05, 0.1) is 30.0 Å². The first-order chi connectivity index (χ1) is 14.7. The van der Waals surface area contributed by atoms with E-state index in [0.717, 1.165) is 18.2 Å². The number of halogens is 3. The normalized spacial score (nSPS) is 11.9. The van der Waals surface area contributed by atoms with Crippen LogP contribution in [0.3, 0.4) is 0 Å². The van der Waals surface area contributed by atoms with E-state index in [9.17, 15) is 22.8 Å². The number of carbonyl (C=O) groups excluding carboxylic acids is 1. The van der Waals surface area contributed by atoms with E-state index in [1.165, 1.54) is 10.9 Å². The van der Waals surface area contributed by atoms with E-state index in [2.05, 4.69) is 25.4 Å². The van der Waals surface area contributed by atoms with Crippen LogP contribution in [0.1, 0.15) is 18.2 Å². The molecule has 0 bridgehead atoms. The molecule has 160 valence electrons. The molecule has 0 fully saturated rings. The van der Waals surface area contributed by atoms with Crippen LogP contribution in [0.25, 0.3) is 22.1 Å². The first-order valence-electron chi connectivity index (χ1n) is 9.22. The summed E-state index contributed by atoms with van der Waals surface area (Å²) in [4.78, 5) is 37.5. The van der Waals surface area contributed by atoms with Crippen molar-refractivity contribution in [3.05, 3.63) is 52.2 Å². The van der Waals surface area contributed by atoms with Crippen molar-refractivity contribution in [2.75, 3.05) is 5.32 Å². The molecule has 0 unspecified atom stereocenters. The summed E-state index contributed by atoms with van der Waals surface area (Å²) in [6.07, 6.45) is -1.92. The zero-order valence-corrected chi connectivity index (χ0v) is 16.4. The third-order valence-corrected chi connectivity index (χ3v) is 4.68. The summed E-state index contributed by atoms with van der Waals surface area (Å²) in [5.41, 5.74) is -0.448. The highest BCUT2D eigenvalue weighted by atomic mass is 19.4. The molecule has 1 amide bonds. The number of nitrogens with one attached hydrogen (secondary N) is 1. The van der Waals surface area contributed by atoms with Crippen LogP contribution in [0.15, 0.2) is 35.5 Å². The van der Waals surface area contributed by atoms with Gasteiger partial charge in [-0.3, -0.25) is 19.6 Å². The molecule has 3 heterocycles. The molecule has 0 aliphatic heterocycles. The molecule has 31 heavy (non-hydrogen) atoms. The van der Waals surface area contributed by atoms with Crippen LogP contribution in [-0.2, 0) is 31.0 Å². The zero-order valence-electron chi connectivity index (χ0n) is 16.4. The van der Waals surface area contributed by atoms with Gasteiger partial charge in [-0.15, -0.1) is 0 Å². The molecule has 0 atom stereocenters. The lowest BCUT2D eigenvalue weighted by Gasteiger charge is -2.13. The van der Waals surface area contributed by atoms with Gasteiger partial charge in [0, 0.05) is 19.0 Å². The lowest BCUT2D eigenvalue weighted by molar-refractivity contribution is -0.137. The van der Waals surface area contributed by atoms with E-state index in [1.807, 2.05) is 0 Å². The Hall–Kier alpha value is -3.83. The number of benzene rings is 1. The number of alkyl halides is 3. The Morgan fingerprint density at radius 3 is 2.71 bits per heavy atom. The molecule has 9 nitrogen and oxygen atoms in total. The molecule has 1 aromatic carbocycles. The zero-order chi connectivity index (χ0) is 22.3. The van der Waals surface area contributed by atoms with E-state index in [0.29, 0.717) is 11.2 Å². The average Bonchev–Trinajstić information content (AvgIpc) is 3.09. The Balaban J connectivity index is 1.65. The summed E-state index contributed by atoms with van der Waals surface area (Å²) in [5.74, 6) is -0.549. The van der Waals surface area contributed by atoms with Crippen LogP contribution in [0.4, 0.5) is 19.1 Å². The minimum Gasteiger partial charge on any atom is -0.318 e. The summed E-state index contributed by atoms with van der Waals surface area (Å²) in [6, 6.07) is 2.83. The van der Waals surface area contributed by atoms with Crippen LogP contribution in [0, 0.1) is 0 Å². The van der Waals surface area contributed by atoms with Gasteiger partial charge < -0.3 is 4.57 Å². The van der Waals surface area contributed by atoms with Crippen molar-refractivity contribution >= 4 is 33.9 Å². The van der Waals surface area contributed by atoms with Crippen LogP contribution < -0.4 is 10.7 Å². The summed E-state index contributed by atoms with van der Waals surface area (Å²) in [6.45, 7) is 1.89. The fourth-order valence-corrected chi connectivity index (χ4v) is 3.17. The first kappa shape index (κ1) is 20.4. The predicted octanol–water partition coefficient (Wildman–Crippen LogP) is 2.29. The summed E-state index contributed by atoms with van der Waals surface area (Å²) in [7, 11) is 1.74. The molecule has 3 aromatic heterocycles. The number of rotatable bonds is 4. The number of fused-ring (bicyclic) bond motifs is 2. The van der Waals surface area contributed by atoms with Gasteiger partial charge in [-0.25, -0.2) is 9.97 Å². The molecular weight excluding hydrogens is 415 g/mol. The van der Waals surface area contributed by atoms with Gasteiger partial charge in [-0.05, 0) is 25.1 Å². The van der Waals surface area contributed by atoms with E-state index in [4.69, 9.17) is 0 Å². The van der Waals surface area contributed by atoms with Crippen molar-refractivity contribution in [2.24, 2.45) is 7.05 Å². The lowest BCUT2D eigenvalue weighted by Crippen LogP contribution is -2.25. The first-order valence-corrected chi connectivity index (χ1v) is 9.22. The second-order valence-electron chi connectivity index (χ2n) is 6.80. The number of anilines is 1. The Labute approximate surface area is 172 Å². The van der Waals surface area contributed by atoms with Gasteiger partial charge >= 0.3 is 6.18 Å². The summed E-state index contributed by atoms with van der Waals surface area (Å²) < 4.78 is 42.0. The number of amides is 1. The van der Waals surface area contributed by atoms with E-state index in [1.54, 1.807) is 24.9 Å². The minimum absolute atomic E-state index is 0.0347. The molecule has 0 spiro atoms. The Morgan fingerprint density at radius 1 is 1.23 bits per heavy atom. The van der Waals surface area contributed by atoms with Gasteiger partial charge in [-0.2, -0.15) is 23.3 Å². The van der Waals surface area contributed by atoms with Crippen LogP contribution in [0.2, 0.25) is 0 Å². The number of imidazole rings is 1. The summed E-state index contributed by atoms with van der Waals surface area (Å²) in [5, 5.41) is 6.66. The molecule has 4 rings (SSSR count). The fraction of sp³-hybridized carbons (Fsp3) is 0.263. The van der Waals surface area contributed by atoms with Crippen molar-refractivity contribution < 1.29 is 18.0 Å². The highest BCUT2D eigenvalue weighted by Gasteiger charge is 2.31. The molecule has 0 aliphatic carbocycles. The third kappa shape index (κ3) is 3.83. The summed E-state index contributed by atoms with van der Waals surface area (Å²) >= 11 is 0. The number of aromatic nitrogens is 6. The van der Waals surface area contributed by atoms with Gasteiger partial charge in [-0.1, -0.05) is 0 Å². The number of nitrogens with zero attached hydrogens (tertiary/aromatic N) is 6. The largest absolute Gasteiger partial charge is 0.416 e. The number of hydrogen-bond acceptors (Lipinski definition) is 6. The monoisotopic (exact) mass is 431 g/mol. The molecule has 1 N–H and O–H groups in total. The smallest absolute Gasteiger partial charge is 0.318 e. The quantitative estimate of drug-likeness (QED) is 0.531. The van der Waals surface area contributed by atoms with Crippen molar-refractivity contribution in [1.82, 2.24) is 29.3 Å². The SMILES string of the molecule is CCn1nc(CC(=O)Nc2ncc3ncn(C)c3n2)c(=O)c2ccc(C(F)(F)F)cc21. The van der Waals surface area contributed by atoms with E-state index < -0.39 is 23.1 Å². The topological polar surface area (TPSA) is 108 Å². The van der Waals surface area contributed by atoms with Crippen LogP contribution in [0.5, 0.6) is 0 Å². The van der Waals surface area contributed by atoms with Crippen LogP contribution >= 0.6 is 0 Å². The second-order valence-corrected chi connectivity index (χ2v) is 6.80. The number of hydrogen-bond donors (Lipinski definition) is 1. The maximum atomic E-state index is 13.0. The number of carbonyl (C=O) groups is 1. The highest BCUT2D eigenvalue weighted by Crippen LogP contribution is 2.30. The molecule has 0 aliphatic rings. The molecular formula is C19H16F3N7O2. The maximum absolute atomic E-state index is 13.0. The minimum atomic E-state index is -4.55. The van der Waals surface area contributed by atoms with Gasteiger partial charge in [0.2, 0.25) is 17.3 Å². The Morgan fingerprint density at radius 2 is 2.00 bits per heavy atom. The standard InChI is InChI=1S/C19H16F3N7O2/c1-3-29-14-6-10(19(20,21)22)4-5-11(14)16(31)12(27-29)7-15(30)25-18-23-8-13-17(26-18)28(2)9-24-13/h4-6,8-9H,3,7H2,1-2H3,(H,23,25,26,30). The lowest BCUT2D eigenvalue weighted by atomic mass is 10.1. The maximum Gasteiger partial charge on any atom is 0.416 e. The molecule has 0 saturated carbocycles. The van der Waals surface area contributed by atoms with Gasteiger partial charge in [0.1, 0.15) is 11.2 Å². The van der Waals surface area contributed by atoms with E-state index in [-0.39, 0.29) is 35.5 Å². The molecule has 4 aromatic rings. The van der Waals surface area contributed by atoms with Crippen molar-refractivity contribution in [3.8, 4) is 0 Å². The van der Waals surface area contributed by atoms with Crippen molar-refractivity contribution in [3.63, 3.8) is 0 Å². The van der Waals surface area contributed by atoms with Crippen molar-refractivity contribution in [2.45, 2.75) is 26.1 Å². The Kier molecular flexibility index (Phi) is 4.91. The molecule has 12 heteroatoms. The Bertz CT molecular complexity index is 1370. The van der Waals surface area contributed by atoms with E-state index >= 15 is 0 Å². The third-order valence-electron chi connectivity index (χ3n) is 4.68.